The molecule has 6 nitrogen and oxygen atoms in total. The lowest BCUT2D eigenvalue weighted by Crippen LogP contribution is -2.34. The summed E-state index contributed by atoms with van der Waals surface area (Å²) >= 11 is 0. The number of carbonyl (C=O) groups is 1. The van der Waals surface area contributed by atoms with Gasteiger partial charge in [0.2, 0.25) is 5.91 Å². The number of hydrogen-bond acceptors (Lipinski definition) is 4. The molecule has 0 bridgehead atoms. The maximum Gasteiger partial charge on any atom is 0.249 e. The van der Waals surface area contributed by atoms with Gasteiger partial charge in [-0.15, -0.1) is 0 Å². The van der Waals surface area contributed by atoms with Crippen LogP contribution in [-0.4, -0.2) is 41.3 Å². The Bertz CT molecular complexity index is 1070. The molecule has 0 spiro atoms. The van der Waals surface area contributed by atoms with Crippen LogP contribution >= 0.6 is 0 Å². The largest absolute Gasteiger partial charge is 0.491 e. The highest BCUT2D eigenvalue weighted by Gasteiger charge is 2.22. The van der Waals surface area contributed by atoms with Crippen LogP contribution < -0.4 is 10.1 Å². The molecule has 0 aliphatic carbocycles. The number of rotatable bonds is 12. The van der Waals surface area contributed by atoms with E-state index in [0.717, 1.165) is 67.7 Å². The summed E-state index contributed by atoms with van der Waals surface area (Å²) in [7, 11) is 0. The van der Waals surface area contributed by atoms with Crippen LogP contribution in [0.2, 0.25) is 0 Å². The maximum absolute atomic E-state index is 12.0. The SMILES string of the molecule is CC(C)c1ccccc1OCCn1c(CCCCCNC(=O)C2CCCO2)nc2ccccc21. The van der Waals surface area contributed by atoms with E-state index in [1.54, 1.807) is 0 Å². The number of benzene rings is 2. The Morgan fingerprint density at radius 3 is 2.79 bits per heavy atom. The minimum atomic E-state index is -0.241. The fourth-order valence-electron chi connectivity index (χ4n) is 4.60. The molecule has 6 heteroatoms. The van der Waals surface area contributed by atoms with Crippen LogP contribution in [0, 0.1) is 0 Å². The van der Waals surface area contributed by atoms with E-state index in [2.05, 4.69) is 60.1 Å². The van der Waals surface area contributed by atoms with Gasteiger partial charge in [0, 0.05) is 19.6 Å². The molecule has 1 aliphatic heterocycles. The molecule has 1 unspecified atom stereocenters. The molecular weight excluding hydrogens is 426 g/mol. The van der Waals surface area contributed by atoms with Gasteiger partial charge in [-0.05, 0) is 55.4 Å². The monoisotopic (exact) mass is 463 g/mol. The molecule has 1 fully saturated rings. The summed E-state index contributed by atoms with van der Waals surface area (Å²) in [6, 6.07) is 16.6. The lowest BCUT2D eigenvalue weighted by Gasteiger charge is -2.15. The zero-order valence-electron chi connectivity index (χ0n) is 20.5. The van der Waals surface area contributed by atoms with Crippen molar-refractivity contribution in [2.24, 2.45) is 0 Å². The van der Waals surface area contributed by atoms with E-state index in [0.29, 0.717) is 25.7 Å². The van der Waals surface area contributed by atoms with Crippen molar-refractivity contribution in [1.82, 2.24) is 14.9 Å². The van der Waals surface area contributed by atoms with Crippen LogP contribution in [0.15, 0.2) is 48.5 Å². The minimum absolute atomic E-state index is 0.0401. The van der Waals surface area contributed by atoms with Crippen molar-refractivity contribution in [2.75, 3.05) is 19.8 Å². The fraction of sp³-hybridized carbons (Fsp3) is 0.500. The van der Waals surface area contributed by atoms with Gasteiger partial charge in [-0.3, -0.25) is 4.79 Å². The Balaban J connectivity index is 1.29. The van der Waals surface area contributed by atoms with Gasteiger partial charge in [0.25, 0.3) is 0 Å². The Kier molecular flexibility index (Phi) is 8.58. The van der Waals surface area contributed by atoms with Crippen LogP contribution in [0.4, 0.5) is 0 Å². The second-order valence-corrected chi connectivity index (χ2v) is 9.31. The Labute approximate surface area is 202 Å². The van der Waals surface area contributed by atoms with Crippen LogP contribution in [-0.2, 0) is 22.5 Å². The number of fused-ring (bicyclic) bond motifs is 1. The Morgan fingerprint density at radius 2 is 1.97 bits per heavy atom. The van der Waals surface area contributed by atoms with E-state index in [1.165, 1.54) is 5.56 Å². The molecule has 3 aromatic rings. The second kappa shape index (κ2) is 12.0. The Hall–Kier alpha value is -2.86. The standard InChI is InChI=1S/C28H37N3O3/c1-21(2)22-11-5-8-14-25(22)34-20-18-31-24-13-7-6-12-23(24)30-27(31)16-4-3-9-17-29-28(32)26-15-10-19-33-26/h5-8,11-14,21,26H,3-4,9-10,15-20H2,1-2H3,(H,29,32). The normalized spacial score (nSPS) is 15.8. The maximum atomic E-state index is 12.0. The zero-order valence-corrected chi connectivity index (χ0v) is 20.5. The predicted molar refractivity (Wildman–Crippen MR) is 135 cm³/mol. The van der Waals surface area contributed by atoms with Crippen molar-refractivity contribution in [2.45, 2.75) is 70.9 Å². The molecule has 182 valence electrons. The highest BCUT2D eigenvalue weighted by molar-refractivity contribution is 5.80. The highest BCUT2D eigenvalue weighted by Crippen LogP contribution is 2.26. The molecule has 2 heterocycles. The summed E-state index contributed by atoms with van der Waals surface area (Å²) in [6.45, 7) is 7.16. The van der Waals surface area contributed by atoms with E-state index >= 15 is 0 Å². The number of imidazole rings is 1. The van der Waals surface area contributed by atoms with Crippen molar-refractivity contribution in [1.29, 1.82) is 0 Å². The molecule has 1 atom stereocenters. The first-order chi connectivity index (χ1) is 16.6. The first kappa shape index (κ1) is 24.3. The van der Waals surface area contributed by atoms with Gasteiger partial charge < -0.3 is 19.4 Å². The zero-order chi connectivity index (χ0) is 23.8. The van der Waals surface area contributed by atoms with Crippen LogP contribution in [0.25, 0.3) is 11.0 Å². The molecule has 1 amide bonds. The molecule has 0 radical (unpaired) electrons. The third-order valence-electron chi connectivity index (χ3n) is 6.45. The molecule has 34 heavy (non-hydrogen) atoms. The fourth-order valence-corrected chi connectivity index (χ4v) is 4.60. The van der Waals surface area contributed by atoms with Gasteiger partial charge in [0.05, 0.1) is 17.6 Å². The Morgan fingerprint density at radius 1 is 1.15 bits per heavy atom. The number of aromatic nitrogens is 2. The van der Waals surface area contributed by atoms with Gasteiger partial charge in [0.1, 0.15) is 24.3 Å². The average Bonchev–Trinajstić information content (AvgIpc) is 3.50. The summed E-state index contributed by atoms with van der Waals surface area (Å²) < 4.78 is 13.9. The molecular formula is C28H37N3O3. The third-order valence-corrected chi connectivity index (χ3v) is 6.45. The summed E-state index contributed by atoms with van der Waals surface area (Å²) in [5, 5.41) is 3.01. The number of carbonyl (C=O) groups excluding carboxylic acids is 1. The van der Waals surface area contributed by atoms with Gasteiger partial charge >= 0.3 is 0 Å². The van der Waals surface area contributed by atoms with Crippen molar-refractivity contribution >= 4 is 16.9 Å². The van der Waals surface area contributed by atoms with Crippen molar-refractivity contribution < 1.29 is 14.3 Å². The quantitative estimate of drug-likeness (QED) is 0.373. The van der Waals surface area contributed by atoms with Gasteiger partial charge in [0.15, 0.2) is 0 Å². The molecule has 2 aromatic carbocycles. The van der Waals surface area contributed by atoms with Crippen molar-refractivity contribution in [3.63, 3.8) is 0 Å². The van der Waals surface area contributed by atoms with E-state index < -0.39 is 0 Å². The van der Waals surface area contributed by atoms with Crippen molar-refractivity contribution in [3.05, 3.63) is 59.9 Å². The van der Waals surface area contributed by atoms with E-state index in [4.69, 9.17) is 14.5 Å². The lowest BCUT2D eigenvalue weighted by atomic mass is 10.0. The third kappa shape index (κ3) is 6.17. The van der Waals surface area contributed by atoms with Crippen LogP contribution in [0.3, 0.4) is 0 Å². The molecule has 0 saturated carbocycles. The second-order valence-electron chi connectivity index (χ2n) is 9.31. The number of nitrogens with zero attached hydrogens (tertiary/aromatic N) is 2. The molecule has 1 saturated heterocycles. The first-order valence-electron chi connectivity index (χ1n) is 12.7. The molecule has 1 aromatic heterocycles. The van der Waals surface area contributed by atoms with E-state index in [-0.39, 0.29) is 12.0 Å². The lowest BCUT2D eigenvalue weighted by molar-refractivity contribution is -0.130. The van der Waals surface area contributed by atoms with Crippen molar-refractivity contribution in [3.8, 4) is 5.75 Å². The summed E-state index contributed by atoms with van der Waals surface area (Å²) in [6.07, 6.45) is 5.55. The minimum Gasteiger partial charge on any atom is -0.491 e. The highest BCUT2D eigenvalue weighted by atomic mass is 16.5. The number of hydrogen-bond donors (Lipinski definition) is 1. The summed E-state index contributed by atoms with van der Waals surface area (Å²) in [5.41, 5.74) is 3.43. The van der Waals surface area contributed by atoms with Gasteiger partial charge in [-0.25, -0.2) is 4.98 Å². The topological polar surface area (TPSA) is 65.4 Å². The average molecular weight is 464 g/mol. The number of ether oxygens (including phenoxy) is 2. The summed E-state index contributed by atoms with van der Waals surface area (Å²) in [5.74, 6) is 2.54. The first-order valence-corrected chi connectivity index (χ1v) is 12.7. The molecule has 1 aliphatic rings. The van der Waals surface area contributed by atoms with E-state index in [1.807, 2.05) is 12.1 Å². The van der Waals surface area contributed by atoms with E-state index in [9.17, 15) is 4.79 Å². The smallest absolute Gasteiger partial charge is 0.249 e. The number of amides is 1. The number of unbranched alkanes of at least 4 members (excludes halogenated alkanes) is 2. The predicted octanol–water partition coefficient (Wildman–Crippen LogP) is 5.25. The number of aryl methyl sites for hydroxylation is 1. The van der Waals surface area contributed by atoms with Crippen LogP contribution in [0.1, 0.15) is 63.3 Å². The number of nitrogens with one attached hydrogen (secondary N) is 1. The van der Waals surface area contributed by atoms with Crippen LogP contribution in [0.5, 0.6) is 5.75 Å². The molecule has 1 N–H and O–H groups in total. The molecule has 4 rings (SSSR count). The summed E-state index contributed by atoms with van der Waals surface area (Å²) in [4.78, 5) is 16.9. The van der Waals surface area contributed by atoms with Gasteiger partial charge in [-0.1, -0.05) is 50.6 Å². The number of para-hydroxylation sites is 3. The van der Waals surface area contributed by atoms with Gasteiger partial charge in [-0.2, -0.15) is 0 Å².